The molecule has 1 aromatic carbocycles. The molecular formula is C12H8ClF2NOS. The number of hydrogen-bond acceptors (Lipinski definition) is 3. The molecule has 0 radical (unpaired) electrons. The number of carbonyl (C=O) groups is 1. The molecule has 6 heteroatoms. The fourth-order valence-corrected chi connectivity index (χ4v) is 2.45. The summed E-state index contributed by atoms with van der Waals surface area (Å²) in [6.45, 7) is 0. The Morgan fingerprint density at radius 1 is 1.28 bits per heavy atom. The quantitative estimate of drug-likeness (QED) is 0.637. The largest absolute Gasteiger partial charge is 0.291 e. The number of nitrogens with zero attached hydrogens (tertiary/aromatic N) is 1. The van der Waals surface area contributed by atoms with Gasteiger partial charge in [-0.25, -0.2) is 13.8 Å². The monoisotopic (exact) mass is 287 g/mol. The fraction of sp³-hybridized carbons (Fsp3) is 0.167. The zero-order valence-electron chi connectivity index (χ0n) is 9.12. The Bertz CT molecular complexity index is 565. The lowest BCUT2D eigenvalue weighted by Crippen LogP contribution is -2.01. The van der Waals surface area contributed by atoms with Gasteiger partial charge in [-0.2, -0.15) is 0 Å². The molecule has 2 aromatic rings. The molecule has 0 spiro atoms. The molecule has 0 saturated carbocycles. The SMILES string of the molecule is O=C(CCl)c1csc(Cc2cc(F)cc(F)c2)n1. The van der Waals surface area contributed by atoms with Crippen LogP contribution in [0.25, 0.3) is 0 Å². The molecule has 2 rings (SSSR count). The van der Waals surface area contributed by atoms with E-state index in [1.54, 1.807) is 5.38 Å². The summed E-state index contributed by atoms with van der Waals surface area (Å²) >= 11 is 6.68. The van der Waals surface area contributed by atoms with Crippen molar-refractivity contribution in [1.82, 2.24) is 4.98 Å². The summed E-state index contributed by atoms with van der Waals surface area (Å²) < 4.78 is 26.0. The van der Waals surface area contributed by atoms with Crippen molar-refractivity contribution in [2.24, 2.45) is 0 Å². The molecule has 1 heterocycles. The van der Waals surface area contributed by atoms with E-state index >= 15 is 0 Å². The third kappa shape index (κ3) is 3.11. The molecule has 0 amide bonds. The van der Waals surface area contributed by atoms with Gasteiger partial charge in [0.1, 0.15) is 17.3 Å². The summed E-state index contributed by atoms with van der Waals surface area (Å²) in [6.07, 6.45) is 0.287. The highest BCUT2D eigenvalue weighted by Crippen LogP contribution is 2.17. The number of benzene rings is 1. The number of halogens is 3. The summed E-state index contributed by atoms with van der Waals surface area (Å²) in [5, 5.41) is 2.21. The Morgan fingerprint density at radius 2 is 1.94 bits per heavy atom. The standard InChI is InChI=1S/C12H8ClF2NOS/c13-5-11(17)10-6-18-12(16-10)3-7-1-8(14)4-9(15)2-7/h1-2,4,6H,3,5H2. The van der Waals surface area contributed by atoms with Crippen LogP contribution in [0.3, 0.4) is 0 Å². The lowest BCUT2D eigenvalue weighted by Gasteiger charge is -1.99. The van der Waals surface area contributed by atoms with Gasteiger partial charge in [0.25, 0.3) is 0 Å². The van der Waals surface area contributed by atoms with Gasteiger partial charge in [-0.3, -0.25) is 4.79 Å². The first-order valence-electron chi connectivity index (χ1n) is 5.07. The number of ketones is 1. The van der Waals surface area contributed by atoms with Gasteiger partial charge in [0.2, 0.25) is 0 Å². The van der Waals surface area contributed by atoms with Crippen molar-refractivity contribution in [2.45, 2.75) is 6.42 Å². The molecular weight excluding hydrogens is 280 g/mol. The molecule has 0 saturated heterocycles. The van der Waals surface area contributed by atoms with Crippen LogP contribution in [0.5, 0.6) is 0 Å². The van der Waals surface area contributed by atoms with Gasteiger partial charge in [0.15, 0.2) is 5.78 Å². The van der Waals surface area contributed by atoms with Crippen LogP contribution in [0.1, 0.15) is 21.1 Å². The fourth-order valence-electron chi connectivity index (χ4n) is 1.48. The summed E-state index contributed by atoms with van der Waals surface area (Å²) in [7, 11) is 0. The van der Waals surface area contributed by atoms with Crippen molar-refractivity contribution in [2.75, 3.05) is 5.88 Å². The summed E-state index contributed by atoms with van der Waals surface area (Å²) in [5.41, 5.74) is 0.772. The molecule has 2 nitrogen and oxygen atoms in total. The number of alkyl halides is 1. The molecule has 0 aliphatic carbocycles. The lowest BCUT2D eigenvalue weighted by atomic mass is 10.1. The minimum atomic E-state index is -0.626. The number of aromatic nitrogens is 1. The summed E-state index contributed by atoms with van der Waals surface area (Å²) in [4.78, 5) is 15.4. The maximum absolute atomic E-state index is 13.0. The van der Waals surface area contributed by atoms with Crippen molar-refractivity contribution in [3.63, 3.8) is 0 Å². The van der Waals surface area contributed by atoms with Crippen LogP contribution < -0.4 is 0 Å². The van der Waals surface area contributed by atoms with Crippen molar-refractivity contribution in [3.8, 4) is 0 Å². The number of thiazole rings is 1. The topological polar surface area (TPSA) is 30.0 Å². The highest BCUT2D eigenvalue weighted by Gasteiger charge is 2.10. The minimum Gasteiger partial charge on any atom is -0.291 e. The van der Waals surface area contributed by atoms with Gasteiger partial charge in [-0.15, -0.1) is 22.9 Å². The van der Waals surface area contributed by atoms with E-state index in [2.05, 4.69) is 4.98 Å². The van der Waals surface area contributed by atoms with E-state index in [9.17, 15) is 13.6 Å². The van der Waals surface area contributed by atoms with Gasteiger partial charge < -0.3 is 0 Å². The normalized spacial score (nSPS) is 10.6. The molecule has 0 aliphatic rings. The molecule has 0 bridgehead atoms. The first-order chi connectivity index (χ1) is 8.58. The van der Waals surface area contributed by atoms with Gasteiger partial charge in [-0.1, -0.05) is 0 Å². The maximum Gasteiger partial charge on any atom is 0.196 e. The zero-order valence-corrected chi connectivity index (χ0v) is 10.7. The van der Waals surface area contributed by atoms with E-state index in [-0.39, 0.29) is 18.1 Å². The van der Waals surface area contributed by atoms with Gasteiger partial charge in [0.05, 0.1) is 10.9 Å². The molecule has 18 heavy (non-hydrogen) atoms. The van der Waals surface area contributed by atoms with E-state index in [1.165, 1.54) is 23.5 Å². The van der Waals surface area contributed by atoms with Crippen LogP contribution >= 0.6 is 22.9 Å². The van der Waals surface area contributed by atoms with Crippen LogP contribution in [0.2, 0.25) is 0 Å². The average Bonchev–Trinajstić information content (AvgIpc) is 2.75. The van der Waals surface area contributed by atoms with E-state index in [4.69, 9.17) is 11.6 Å². The van der Waals surface area contributed by atoms with Crippen molar-refractivity contribution >= 4 is 28.7 Å². The average molecular weight is 288 g/mol. The van der Waals surface area contributed by atoms with E-state index in [1.807, 2.05) is 0 Å². The van der Waals surface area contributed by atoms with Crippen LogP contribution in [0, 0.1) is 11.6 Å². The van der Waals surface area contributed by atoms with Crippen molar-refractivity contribution in [1.29, 1.82) is 0 Å². The molecule has 0 N–H and O–H groups in total. The van der Waals surface area contributed by atoms with Crippen LogP contribution in [-0.2, 0) is 6.42 Å². The Hall–Kier alpha value is -1.33. The second-order valence-electron chi connectivity index (χ2n) is 3.64. The van der Waals surface area contributed by atoms with Crippen LogP contribution in [-0.4, -0.2) is 16.6 Å². The molecule has 1 aromatic heterocycles. The molecule has 0 unspecified atom stereocenters. The van der Waals surface area contributed by atoms with Crippen molar-refractivity contribution < 1.29 is 13.6 Å². The zero-order chi connectivity index (χ0) is 13.1. The summed E-state index contributed by atoms with van der Waals surface area (Å²) in [5.74, 6) is -1.64. The number of carbonyl (C=O) groups excluding carboxylic acids is 1. The first kappa shape index (κ1) is 13.1. The Kier molecular flexibility index (Phi) is 4.04. The maximum atomic E-state index is 13.0. The van der Waals surface area contributed by atoms with Crippen LogP contribution in [0.15, 0.2) is 23.6 Å². The Morgan fingerprint density at radius 3 is 2.56 bits per heavy atom. The number of rotatable bonds is 4. The summed E-state index contributed by atoms with van der Waals surface area (Å²) in [6, 6.07) is 3.30. The molecule has 0 fully saturated rings. The lowest BCUT2D eigenvalue weighted by molar-refractivity contribution is 0.101. The highest BCUT2D eigenvalue weighted by atomic mass is 35.5. The Labute approximate surface area is 111 Å². The second kappa shape index (κ2) is 5.54. The van der Waals surface area contributed by atoms with E-state index < -0.39 is 11.6 Å². The molecule has 94 valence electrons. The van der Waals surface area contributed by atoms with Gasteiger partial charge in [-0.05, 0) is 17.7 Å². The number of Topliss-reactive ketones (excluding diaryl/α,β-unsaturated/α-hetero) is 1. The second-order valence-corrected chi connectivity index (χ2v) is 4.85. The van der Waals surface area contributed by atoms with E-state index in [0.29, 0.717) is 16.3 Å². The minimum absolute atomic E-state index is 0.127. The van der Waals surface area contributed by atoms with Crippen molar-refractivity contribution in [3.05, 3.63) is 51.5 Å². The third-order valence-electron chi connectivity index (χ3n) is 2.24. The smallest absolute Gasteiger partial charge is 0.196 e. The Balaban J connectivity index is 2.18. The highest BCUT2D eigenvalue weighted by molar-refractivity contribution is 7.09. The molecule has 0 atom stereocenters. The van der Waals surface area contributed by atoms with E-state index in [0.717, 1.165) is 6.07 Å². The predicted octanol–water partition coefficient (Wildman–Crippen LogP) is 3.43. The molecule has 0 aliphatic heterocycles. The first-order valence-corrected chi connectivity index (χ1v) is 6.48. The van der Waals surface area contributed by atoms with Gasteiger partial charge in [0, 0.05) is 17.9 Å². The predicted molar refractivity (Wildman–Crippen MR) is 66.3 cm³/mol. The number of hydrogen-bond donors (Lipinski definition) is 0. The van der Waals surface area contributed by atoms with Crippen LogP contribution in [0.4, 0.5) is 8.78 Å². The van der Waals surface area contributed by atoms with Gasteiger partial charge >= 0.3 is 0 Å². The third-order valence-corrected chi connectivity index (χ3v) is 3.33.